The lowest BCUT2D eigenvalue weighted by molar-refractivity contribution is 0.0543. The Hall–Kier alpha value is -3.62. The van der Waals surface area contributed by atoms with Crippen LogP contribution in [-0.4, -0.2) is 46.2 Å². The predicted octanol–water partition coefficient (Wildman–Crippen LogP) is 9.13. The number of fused-ring (bicyclic) bond motifs is 1. The van der Waals surface area contributed by atoms with Crippen molar-refractivity contribution in [3.8, 4) is 16.9 Å². The summed E-state index contributed by atoms with van der Waals surface area (Å²) >= 11 is 8.29. The highest BCUT2D eigenvalue weighted by molar-refractivity contribution is 7.21. The molecule has 2 aromatic heterocycles. The van der Waals surface area contributed by atoms with Gasteiger partial charge in [0.15, 0.2) is 0 Å². The highest BCUT2D eigenvalue weighted by Gasteiger charge is 2.38. The first-order valence-corrected chi connectivity index (χ1v) is 16.6. The lowest BCUT2D eigenvalue weighted by Gasteiger charge is -2.43. The van der Waals surface area contributed by atoms with E-state index in [1.165, 1.54) is 11.3 Å². The quantitative estimate of drug-likeness (QED) is 0.199. The Morgan fingerprint density at radius 2 is 1.71 bits per heavy atom. The lowest BCUT2D eigenvalue weighted by Crippen LogP contribution is -2.50. The average molecular weight is 648 g/mol. The van der Waals surface area contributed by atoms with Crippen molar-refractivity contribution in [3.05, 3.63) is 81.4 Å². The molecule has 2 N–H and O–H groups in total. The van der Waals surface area contributed by atoms with E-state index in [0.717, 1.165) is 63.8 Å². The number of hydrogen-bond acceptors (Lipinski definition) is 5. The highest BCUT2D eigenvalue weighted by atomic mass is 35.5. The number of aromatic nitrogens is 1. The van der Waals surface area contributed by atoms with Gasteiger partial charge in [0.25, 0.3) is 5.91 Å². The first-order valence-electron chi connectivity index (χ1n) is 15.5. The summed E-state index contributed by atoms with van der Waals surface area (Å²) in [4.78, 5) is 33.2. The van der Waals surface area contributed by atoms with Crippen LogP contribution in [0.25, 0.3) is 21.2 Å². The third-order valence-electron chi connectivity index (χ3n) is 8.89. The molecule has 2 heterocycles. The molecule has 0 spiro atoms. The second-order valence-corrected chi connectivity index (χ2v) is 14.6. The molecule has 1 fully saturated rings. The fourth-order valence-corrected chi connectivity index (χ4v) is 8.30. The summed E-state index contributed by atoms with van der Waals surface area (Å²) in [6.07, 6.45) is 2.14. The highest BCUT2D eigenvalue weighted by Crippen LogP contribution is 2.41. The Balaban J connectivity index is 1.51. The molecule has 1 aliphatic rings. The largest absolute Gasteiger partial charge is 0.496 e. The molecule has 1 unspecified atom stereocenters. The summed E-state index contributed by atoms with van der Waals surface area (Å²) in [7, 11) is 1.65. The SMILES string of the molecule is COc1ccc(-c2cc(C)nc(C)c2)cc1CN(C(=O)c1sc2ccccc2c1Cl)C1CCC(C(NC(=O)O)C(C)(C)C)CC1. The van der Waals surface area contributed by atoms with Gasteiger partial charge in [-0.2, -0.15) is 0 Å². The number of hydrogen-bond donors (Lipinski definition) is 2. The Morgan fingerprint density at radius 1 is 1.04 bits per heavy atom. The second-order valence-electron chi connectivity index (χ2n) is 13.2. The summed E-state index contributed by atoms with van der Waals surface area (Å²) in [5.74, 6) is 0.801. The molecule has 2 amide bonds. The summed E-state index contributed by atoms with van der Waals surface area (Å²) in [5, 5.41) is 13.7. The molecule has 1 aliphatic carbocycles. The third-order valence-corrected chi connectivity index (χ3v) is 10.6. The van der Waals surface area contributed by atoms with Crippen LogP contribution in [0.2, 0.25) is 5.02 Å². The number of carbonyl (C=O) groups is 2. The van der Waals surface area contributed by atoms with Gasteiger partial charge in [-0.1, -0.05) is 56.6 Å². The molecule has 9 heteroatoms. The van der Waals surface area contributed by atoms with Gasteiger partial charge in [-0.3, -0.25) is 9.78 Å². The number of methoxy groups -OCH3 is 1. The standard InChI is InChI=1S/C36H42ClN3O4S/c1-21-17-25(18-22(2)38-21)24-13-16-29(44-6)26(19-24)20-40(34(41)32-31(37)28-9-7-8-10-30(28)45-32)27-14-11-23(12-15-27)33(36(3,4)5)39-35(42)43/h7-10,13,16-19,23,27,33,39H,11-12,14-15,20H2,1-6H3,(H,42,43). The van der Waals surface area contributed by atoms with E-state index < -0.39 is 6.09 Å². The molecule has 0 radical (unpaired) electrons. The number of thiophene rings is 1. The van der Waals surface area contributed by atoms with Crippen molar-refractivity contribution in [3.63, 3.8) is 0 Å². The normalized spacial score (nSPS) is 17.6. The van der Waals surface area contributed by atoms with Gasteiger partial charge in [-0.15, -0.1) is 11.3 Å². The van der Waals surface area contributed by atoms with E-state index in [-0.39, 0.29) is 29.3 Å². The van der Waals surface area contributed by atoms with E-state index in [1.54, 1.807) is 7.11 Å². The fraction of sp³-hybridized carbons (Fsp3) is 0.417. The van der Waals surface area contributed by atoms with Gasteiger partial charge in [-0.05, 0) is 92.3 Å². The Labute approximate surface area is 274 Å². The fourth-order valence-electron chi connectivity index (χ4n) is 6.84. The van der Waals surface area contributed by atoms with Gasteiger partial charge >= 0.3 is 6.09 Å². The van der Waals surface area contributed by atoms with Crippen molar-refractivity contribution in [1.82, 2.24) is 15.2 Å². The van der Waals surface area contributed by atoms with Gasteiger partial charge in [0.1, 0.15) is 10.6 Å². The van der Waals surface area contributed by atoms with Crippen LogP contribution in [0.15, 0.2) is 54.6 Å². The number of ether oxygens (including phenoxy) is 1. The zero-order valence-electron chi connectivity index (χ0n) is 26.8. The summed E-state index contributed by atoms with van der Waals surface area (Å²) in [5.41, 5.74) is 4.67. The van der Waals surface area contributed by atoms with E-state index >= 15 is 0 Å². The maximum absolute atomic E-state index is 14.5. The molecule has 238 valence electrons. The van der Waals surface area contributed by atoms with E-state index in [9.17, 15) is 14.7 Å². The molecule has 45 heavy (non-hydrogen) atoms. The molecule has 0 saturated heterocycles. The minimum Gasteiger partial charge on any atom is -0.496 e. The zero-order valence-corrected chi connectivity index (χ0v) is 28.4. The van der Waals surface area contributed by atoms with Crippen molar-refractivity contribution in [2.45, 2.75) is 78.9 Å². The smallest absolute Gasteiger partial charge is 0.404 e. The number of carboxylic acid groups (broad SMARTS) is 1. The van der Waals surface area contributed by atoms with Gasteiger partial charge in [0, 0.05) is 45.7 Å². The number of aryl methyl sites for hydroxylation is 2. The van der Waals surface area contributed by atoms with Gasteiger partial charge in [0.2, 0.25) is 0 Å². The first kappa shape index (κ1) is 32.8. The number of rotatable bonds is 8. The van der Waals surface area contributed by atoms with Crippen LogP contribution in [0.3, 0.4) is 0 Å². The number of halogens is 1. The van der Waals surface area contributed by atoms with Crippen molar-refractivity contribution in [2.75, 3.05) is 7.11 Å². The van der Waals surface area contributed by atoms with E-state index in [1.807, 2.05) is 55.1 Å². The van der Waals surface area contributed by atoms with Gasteiger partial charge in [0.05, 0.1) is 12.1 Å². The molecule has 7 nitrogen and oxygen atoms in total. The topological polar surface area (TPSA) is 91.8 Å². The Bertz CT molecular complexity index is 1680. The van der Waals surface area contributed by atoms with Crippen molar-refractivity contribution < 1.29 is 19.4 Å². The molecular weight excluding hydrogens is 606 g/mol. The van der Waals surface area contributed by atoms with Crippen LogP contribution < -0.4 is 10.1 Å². The zero-order chi connectivity index (χ0) is 32.5. The number of nitrogens with zero attached hydrogens (tertiary/aromatic N) is 2. The average Bonchev–Trinajstić information content (AvgIpc) is 3.33. The number of carbonyl (C=O) groups excluding carboxylic acids is 1. The van der Waals surface area contributed by atoms with E-state index in [0.29, 0.717) is 22.2 Å². The minimum absolute atomic E-state index is 0.0424. The second kappa shape index (κ2) is 13.4. The van der Waals surface area contributed by atoms with Gasteiger partial charge < -0.3 is 20.1 Å². The van der Waals surface area contributed by atoms with Gasteiger partial charge in [-0.25, -0.2) is 4.79 Å². The monoisotopic (exact) mass is 647 g/mol. The van der Waals surface area contributed by atoms with E-state index in [2.05, 4.69) is 49.3 Å². The Kier molecular flexibility index (Phi) is 9.75. The van der Waals surface area contributed by atoms with Crippen LogP contribution in [0.4, 0.5) is 4.79 Å². The van der Waals surface area contributed by atoms with Crippen molar-refractivity contribution >= 4 is 45.0 Å². The van der Waals surface area contributed by atoms with Crippen LogP contribution in [0.5, 0.6) is 5.75 Å². The first-order chi connectivity index (χ1) is 21.3. The van der Waals surface area contributed by atoms with E-state index in [4.69, 9.17) is 16.3 Å². The summed E-state index contributed by atoms with van der Waals surface area (Å²) in [6, 6.07) is 17.9. The molecular formula is C36H42ClN3O4S. The molecule has 2 aromatic carbocycles. The number of benzene rings is 2. The van der Waals surface area contributed by atoms with Crippen LogP contribution in [0, 0.1) is 25.2 Å². The molecule has 1 atom stereocenters. The lowest BCUT2D eigenvalue weighted by atomic mass is 9.72. The Morgan fingerprint density at radius 3 is 2.31 bits per heavy atom. The maximum atomic E-state index is 14.5. The molecule has 1 saturated carbocycles. The summed E-state index contributed by atoms with van der Waals surface area (Å²) < 4.78 is 6.79. The minimum atomic E-state index is -1.00. The molecule has 0 bridgehead atoms. The maximum Gasteiger partial charge on any atom is 0.404 e. The molecule has 0 aliphatic heterocycles. The summed E-state index contributed by atoms with van der Waals surface area (Å²) in [6.45, 7) is 10.6. The third kappa shape index (κ3) is 7.28. The predicted molar refractivity (Wildman–Crippen MR) is 183 cm³/mol. The van der Waals surface area contributed by atoms with Crippen LogP contribution in [0.1, 0.15) is 73.1 Å². The number of amides is 2. The van der Waals surface area contributed by atoms with Crippen molar-refractivity contribution in [2.24, 2.45) is 11.3 Å². The van der Waals surface area contributed by atoms with Crippen LogP contribution in [-0.2, 0) is 6.54 Å². The molecule has 5 rings (SSSR count). The van der Waals surface area contributed by atoms with Crippen molar-refractivity contribution in [1.29, 1.82) is 0 Å². The number of nitrogens with one attached hydrogen (secondary N) is 1. The molecule has 4 aromatic rings. The number of pyridine rings is 1. The van der Waals surface area contributed by atoms with Crippen LogP contribution >= 0.6 is 22.9 Å².